The number of nitrogens with zero attached hydrogens (tertiary/aromatic N) is 2. The molecule has 0 aromatic rings. The van der Waals surface area contributed by atoms with Crippen LogP contribution in [0, 0.1) is 11.8 Å². The topological polar surface area (TPSA) is 108 Å². The van der Waals surface area contributed by atoms with Crippen LogP contribution < -0.4 is 10.6 Å². The minimum absolute atomic E-state index is 0.0957. The highest BCUT2D eigenvalue weighted by Crippen LogP contribution is 2.21. The van der Waals surface area contributed by atoms with E-state index in [-0.39, 0.29) is 29.6 Å². The van der Waals surface area contributed by atoms with E-state index in [2.05, 4.69) is 10.6 Å². The Labute approximate surface area is 186 Å². The Bertz CT molecular complexity index is 669. The Hall–Kier alpha value is -2.32. The molecule has 1 aliphatic heterocycles. The number of likely N-dealkylation sites (N-methyl/N-ethyl adjacent to an activating group) is 1. The van der Waals surface area contributed by atoms with Gasteiger partial charge >= 0.3 is 6.09 Å². The largest absolute Gasteiger partial charge is 0.444 e. The molecule has 0 spiro atoms. The Morgan fingerprint density at radius 3 is 1.97 bits per heavy atom. The minimum atomic E-state index is -0.812. The second-order valence-electron chi connectivity index (χ2n) is 10.0. The van der Waals surface area contributed by atoms with Crippen LogP contribution in [0.25, 0.3) is 0 Å². The van der Waals surface area contributed by atoms with E-state index in [9.17, 15) is 19.2 Å². The van der Waals surface area contributed by atoms with Gasteiger partial charge in [-0.15, -0.1) is 0 Å². The van der Waals surface area contributed by atoms with Gasteiger partial charge in [0, 0.05) is 20.6 Å². The molecule has 0 saturated carbocycles. The van der Waals surface area contributed by atoms with Crippen molar-refractivity contribution in [3.05, 3.63) is 0 Å². The molecule has 2 N–H and O–H groups in total. The highest BCUT2D eigenvalue weighted by atomic mass is 16.6. The van der Waals surface area contributed by atoms with E-state index in [0.29, 0.717) is 19.4 Å². The summed E-state index contributed by atoms with van der Waals surface area (Å²) in [6, 6.07) is -2.15. The van der Waals surface area contributed by atoms with E-state index >= 15 is 0 Å². The Morgan fingerprint density at radius 1 is 0.968 bits per heavy atom. The summed E-state index contributed by atoms with van der Waals surface area (Å²) < 4.78 is 5.29. The maximum atomic E-state index is 13.3. The number of likely N-dealkylation sites (tertiary alicyclic amines) is 1. The lowest BCUT2D eigenvalue weighted by Gasteiger charge is -2.32. The summed E-state index contributed by atoms with van der Waals surface area (Å²) in [7, 11) is 3.29. The Morgan fingerprint density at radius 2 is 1.52 bits per heavy atom. The Kier molecular flexibility index (Phi) is 9.32. The first-order valence-electron chi connectivity index (χ1n) is 11.0. The molecule has 178 valence electrons. The van der Waals surface area contributed by atoms with Gasteiger partial charge in [0.2, 0.25) is 17.7 Å². The fourth-order valence-electron chi connectivity index (χ4n) is 3.47. The maximum Gasteiger partial charge on any atom is 0.408 e. The van der Waals surface area contributed by atoms with Gasteiger partial charge in [-0.1, -0.05) is 27.7 Å². The summed E-state index contributed by atoms with van der Waals surface area (Å²) in [4.78, 5) is 53.9. The third kappa shape index (κ3) is 7.70. The number of nitrogens with one attached hydrogen (secondary N) is 2. The maximum absolute atomic E-state index is 13.3. The first-order chi connectivity index (χ1) is 14.2. The molecule has 0 radical (unpaired) electrons. The van der Waals surface area contributed by atoms with Crippen molar-refractivity contribution >= 4 is 23.8 Å². The van der Waals surface area contributed by atoms with E-state index in [1.54, 1.807) is 34.9 Å². The van der Waals surface area contributed by atoms with Crippen molar-refractivity contribution in [1.82, 2.24) is 20.4 Å². The number of carbonyl (C=O) groups is 4. The molecule has 0 bridgehead atoms. The van der Waals surface area contributed by atoms with Crippen LogP contribution in [0.4, 0.5) is 4.79 Å². The normalized spacial score (nSPS) is 18.5. The molecule has 9 heteroatoms. The number of amides is 4. The molecule has 1 rings (SSSR count). The number of rotatable bonds is 7. The van der Waals surface area contributed by atoms with Gasteiger partial charge in [0.05, 0.1) is 0 Å². The van der Waals surface area contributed by atoms with Crippen LogP contribution in [0.1, 0.15) is 61.3 Å². The average molecular weight is 441 g/mol. The van der Waals surface area contributed by atoms with Crippen molar-refractivity contribution < 1.29 is 23.9 Å². The van der Waals surface area contributed by atoms with E-state index < -0.39 is 29.8 Å². The summed E-state index contributed by atoms with van der Waals surface area (Å²) in [5.41, 5.74) is -0.685. The lowest BCUT2D eigenvalue weighted by atomic mass is 10.0. The molecule has 0 aromatic heterocycles. The standard InChI is InChI=1S/C22H40N4O5/c1-13(2)16(19(28)25(8)9)23-18(27)15-11-10-12-26(15)20(29)17(14(3)4)24-21(30)31-22(5,6)7/h13-17H,10-12H2,1-9H3,(H,23,27)(H,24,30)/t15-,16?,17-/m0/s1. The molecule has 1 fully saturated rings. The number of hydrogen-bond acceptors (Lipinski definition) is 5. The van der Waals surface area contributed by atoms with Gasteiger partial charge in [-0.3, -0.25) is 14.4 Å². The molecule has 0 aromatic carbocycles. The highest BCUT2D eigenvalue weighted by molar-refractivity contribution is 5.94. The van der Waals surface area contributed by atoms with E-state index in [1.807, 2.05) is 27.7 Å². The first kappa shape index (κ1) is 26.7. The molecule has 9 nitrogen and oxygen atoms in total. The van der Waals surface area contributed by atoms with Crippen LogP contribution in [0.15, 0.2) is 0 Å². The van der Waals surface area contributed by atoms with E-state index in [1.165, 1.54) is 9.80 Å². The second-order valence-corrected chi connectivity index (χ2v) is 10.0. The van der Waals surface area contributed by atoms with E-state index in [4.69, 9.17) is 4.74 Å². The third-order valence-corrected chi connectivity index (χ3v) is 5.11. The van der Waals surface area contributed by atoms with Crippen molar-refractivity contribution in [2.45, 2.75) is 85.0 Å². The number of alkyl carbamates (subject to hydrolysis) is 1. The lowest BCUT2D eigenvalue weighted by molar-refractivity contribution is -0.142. The zero-order valence-corrected chi connectivity index (χ0v) is 20.4. The van der Waals surface area contributed by atoms with Crippen LogP contribution in [0.2, 0.25) is 0 Å². The monoisotopic (exact) mass is 440 g/mol. The van der Waals surface area contributed by atoms with Crippen LogP contribution in [0.5, 0.6) is 0 Å². The molecule has 1 aliphatic rings. The van der Waals surface area contributed by atoms with Crippen LogP contribution in [-0.2, 0) is 19.1 Å². The molecule has 0 aliphatic carbocycles. The number of ether oxygens (including phenoxy) is 1. The van der Waals surface area contributed by atoms with Crippen molar-refractivity contribution in [3.8, 4) is 0 Å². The van der Waals surface area contributed by atoms with Gasteiger partial charge in [-0.25, -0.2) is 4.79 Å². The zero-order chi connectivity index (χ0) is 24.1. The summed E-state index contributed by atoms with van der Waals surface area (Å²) in [6.45, 7) is 13.1. The van der Waals surface area contributed by atoms with Gasteiger partial charge in [0.15, 0.2) is 0 Å². The van der Waals surface area contributed by atoms with Crippen molar-refractivity contribution in [1.29, 1.82) is 0 Å². The van der Waals surface area contributed by atoms with Gasteiger partial charge < -0.3 is 25.2 Å². The molecule has 4 amide bonds. The summed E-state index contributed by atoms with van der Waals surface area (Å²) in [5.74, 6) is -1.14. The first-order valence-corrected chi connectivity index (χ1v) is 11.0. The summed E-state index contributed by atoms with van der Waals surface area (Å²) in [5, 5.41) is 5.48. The molecular weight excluding hydrogens is 400 g/mol. The zero-order valence-electron chi connectivity index (χ0n) is 20.4. The van der Waals surface area contributed by atoms with Crippen LogP contribution in [0.3, 0.4) is 0 Å². The molecular formula is C22H40N4O5. The third-order valence-electron chi connectivity index (χ3n) is 5.11. The molecule has 1 unspecified atom stereocenters. The SMILES string of the molecule is CC(C)C(NC(=O)[C@@H]1CCCN1C(=O)[C@@H](NC(=O)OC(C)(C)C)C(C)C)C(=O)N(C)C. The molecule has 3 atom stereocenters. The quantitative estimate of drug-likeness (QED) is 0.627. The van der Waals surface area contributed by atoms with Gasteiger partial charge in [0.1, 0.15) is 23.7 Å². The van der Waals surface area contributed by atoms with Crippen molar-refractivity contribution in [2.24, 2.45) is 11.8 Å². The minimum Gasteiger partial charge on any atom is -0.444 e. The number of hydrogen-bond donors (Lipinski definition) is 2. The van der Waals surface area contributed by atoms with Gasteiger partial charge in [-0.2, -0.15) is 0 Å². The van der Waals surface area contributed by atoms with Gasteiger partial charge in [-0.05, 0) is 45.4 Å². The average Bonchev–Trinajstić information content (AvgIpc) is 3.10. The van der Waals surface area contributed by atoms with Crippen molar-refractivity contribution in [3.63, 3.8) is 0 Å². The number of carbonyl (C=O) groups excluding carboxylic acids is 4. The molecule has 1 saturated heterocycles. The van der Waals surface area contributed by atoms with Crippen LogP contribution in [-0.4, -0.2) is 78.0 Å². The molecule has 1 heterocycles. The highest BCUT2D eigenvalue weighted by Gasteiger charge is 2.40. The molecule has 31 heavy (non-hydrogen) atoms. The predicted molar refractivity (Wildman–Crippen MR) is 118 cm³/mol. The Balaban J connectivity index is 2.96. The summed E-state index contributed by atoms with van der Waals surface area (Å²) >= 11 is 0. The van der Waals surface area contributed by atoms with Crippen LogP contribution >= 0.6 is 0 Å². The fourth-order valence-corrected chi connectivity index (χ4v) is 3.47. The lowest BCUT2D eigenvalue weighted by Crippen LogP contribution is -2.58. The fraction of sp³-hybridized carbons (Fsp3) is 0.818. The second kappa shape index (κ2) is 10.8. The van der Waals surface area contributed by atoms with Gasteiger partial charge in [0.25, 0.3) is 0 Å². The smallest absolute Gasteiger partial charge is 0.408 e. The summed E-state index contributed by atoms with van der Waals surface area (Å²) in [6.07, 6.45) is 0.515. The van der Waals surface area contributed by atoms with E-state index in [0.717, 1.165) is 0 Å². The van der Waals surface area contributed by atoms with Crippen molar-refractivity contribution in [2.75, 3.05) is 20.6 Å². The predicted octanol–water partition coefficient (Wildman–Crippen LogP) is 1.76.